The highest BCUT2D eigenvalue weighted by atomic mass is 32.2. The zero-order valence-electron chi connectivity index (χ0n) is 15.9. The van der Waals surface area contributed by atoms with E-state index in [0.29, 0.717) is 13.1 Å². The predicted molar refractivity (Wildman–Crippen MR) is 108 cm³/mol. The van der Waals surface area contributed by atoms with Crippen molar-refractivity contribution < 1.29 is 13.2 Å². The van der Waals surface area contributed by atoms with Gasteiger partial charge in [0.05, 0.1) is 12.7 Å². The van der Waals surface area contributed by atoms with Crippen LogP contribution in [0.5, 0.6) is 0 Å². The molecular formula is C20H29N3O3S. The Morgan fingerprint density at radius 2 is 1.89 bits per heavy atom. The van der Waals surface area contributed by atoms with Gasteiger partial charge in [0.1, 0.15) is 0 Å². The Morgan fingerprint density at radius 1 is 1.19 bits per heavy atom. The molecule has 1 aliphatic carbocycles. The number of H-pyrrole nitrogens is 1. The molecule has 0 unspecified atom stereocenters. The summed E-state index contributed by atoms with van der Waals surface area (Å²) in [5, 5.41) is 3.93. The molecule has 3 rings (SSSR count). The van der Waals surface area contributed by atoms with E-state index in [-0.39, 0.29) is 18.4 Å². The minimum absolute atomic E-state index is 0.0630. The second-order valence-electron chi connectivity index (χ2n) is 7.41. The summed E-state index contributed by atoms with van der Waals surface area (Å²) < 4.78 is 26.0. The lowest BCUT2D eigenvalue weighted by Crippen LogP contribution is -2.44. The number of aromatic nitrogens is 1. The van der Waals surface area contributed by atoms with Crippen LogP contribution in [-0.2, 0) is 21.2 Å². The maximum absolute atomic E-state index is 12.3. The van der Waals surface area contributed by atoms with Crippen LogP contribution in [0.25, 0.3) is 10.9 Å². The van der Waals surface area contributed by atoms with Crippen molar-refractivity contribution in [1.82, 2.24) is 14.6 Å². The lowest BCUT2D eigenvalue weighted by molar-refractivity contribution is -0.120. The quantitative estimate of drug-likeness (QED) is 0.712. The maximum atomic E-state index is 12.3. The summed E-state index contributed by atoms with van der Waals surface area (Å²) in [4.78, 5) is 15.5. The van der Waals surface area contributed by atoms with Gasteiger partial charge in [0, 0.05) is 36.2 Å². The number of amides is 1. The highest BCUT2D eigenvalue weighted by Crippen LogP contribution is 2.23. The van der Waals surface area contributed by atoms with Gasteiger partial charge in [0.25, 0.3) is 0 Å². The molecule has 6 nitrogen and oxygen atoms in total. The first kappa shape index (κ1) is 19.9. The van der Waals surface area contributed by atoms with Crippen molar-refractivity contribution in [2.75, 3.05) is 19.3 Å². The summed E-state index contributed by atoms with van der Waals surface area (Å²) in [7, 11) is -3.28. The Morgan fingerprint density at radius 3 is 2.59 bits per heavy atom. The van der Waals surface area contributed by atoms with Crippen LogP contribution in [0.2, 0.25) is 0 Å². The number of para-hydroxylation sites is 1. The number of fused-ring (bicyclic) bond motifs is 1. The molecule has 0 saturated heterocycles. The Bertz CT molecular complexity index is 867. The molecule has 2 N–H and O–H groups in total. The van der Waals surface area contributed by atoms with E-state index in [0.717, 1.165) is 42.1 Å². The summed E-state index contributed by atoms with van der Waals surface area (Å²) in [5.41, 5.74) is 1.96. The Kier molecular flexibility index (Phi) is 6.55. The highest BCUT2D eigenvalue weighted by molar-refractivity contribution is 7.88. The number of carbonyl (C=O) groups excluding carboxylic acids is 1. The van der Waals surface area contributed by atoms with Crippen LogP contribution in [0.1, 0.15) is 44.1 Å². The van der Waals surface area contributed by atoms with E-state index in [4.69, 9.17) is 0 Å². The molecule has 27 heavy (non-hydrogen) atoms. The van der Waals surface area contributed by atoms with Gasteiger partial charge < -0.3 is 10.3 Å². The molecule has 1 amide bonds. The SMILES string of the molecule is CS(=O)(=O)N(CCNC(=O)Cc1c[nH]c2ccccc12)C1CCCCCC1. The lowest BCUT2D eigenvalue weighted by atomic mass is 10.1. The predicted octanol–water partition coefficient (Wildman–Crippen LogP) is 2.81. The molecule has 1 aliphatic rings. The van der Waals surface area contributed by atoms with Crippen LogP contribution in [-0.4, -0.2) is 49.0 Å². The molecule has 0 spiro atoms. The van der Waals surface area contributed by atoms with E-state index in [2.05, 4.69) is 10.3 Å². The lowest BCUT2D eigenvalue weighted by Gasteiger charge is -2.29. The van der Waals surface area contributed by atoms with Crippen molar-refractivity contribution in [1.29, 1.82) is 0 Å². The number of hydrogen-bond donors (Lipinski definition) is 2. The molecule has 1 fully saturated rings. The third-order valence-electron chi connectivity index (χ3n) is 5.34. The summed E-state index contributed by atoms with van der Waals surface area (Å²) in [5.74, 6) is -0.0888. The maximum Gasteiger partial charge on any atom is 0.224 e. The molecule has 0 aliphatic heterocycles. The van der Waals surface area contributed by atoms with Gasteiger partial charge in [-0.1, -0.05) is 43.9 Å². The molecule has 1 saturated carbocycles. The van der Waals surface area contributed by atoms with Gasteiger partial charge in [-0.15, -0.1) is 0 Å². The van der Waals surface area contributed by atoms with Crippen LogP contribution >= 0.6 is 0 Å². The number of sulfonamides is 1. The second kappa shape index (κ2) is 8.89. The average molecular weight is 392 g/mol. The van der Waals surface area contributed by atoms with Gasteiger partial charge in [0.15, 0.2) is 0 Å². The van der Waals surface area contributed by atoms with Crippen molar-refractivity contribution in [3.8, 4) is 0 Å². The normalized spacial score (nSPS) is 16.5. The van der Waals surface area contributed by atoms with E-state index in [1.54, 1.807) is 4.31 Å². The van der Waals surface area contributed by atoms with E-state index >= 15 is 0 Å². The molecule has 1 aromatic heterocycles. The number of carbonyl (C=O) groups is 1. The van der Waals surface area contributed by atoms with Crippen molar-refractivity contribution in [3.63, 3.8) is 0 Å². The van der Waals surface area contributed by atoms with Crippen molar-refractivity contribution in [2.24, 2.45) is 0 Å². The molecule has 2 aromatic rings. The average Bonchev–Trinajstić information content (AvgIpc) is 2.84. The molecule has 0 atom stereocenters. The standard InChI is InChI=1S/C20H29N3O3S/c1-27(25,26)23(17-8-4-2-3-5-9-17)13-12-21-20(24)14-16-15-22-19-11-7-6-10-18(16)19/h6-7,10-11,15,17,22H,2-5,8-9,12-14H2,1H3,(H,21,24). The third kappa shape index (κ3) is 5.32. The van der Waals surface area contributed by atoms with E-state index in [9.17, 15) is 13.2 Å². The third-order valence-corrected chi connectivity index (χ3v) is 6.67. The molecule has 1 heterocycles. The Labute approximate surface area is 161 Å². The molecule has 0 bridgehead atoms. The number of nitrogens with zero attached hydrogens (tertiary/aromatic N) is 1. The summed E-state index contributed by atoms with van der Waals surface area (Å²) in [6.07, 6.45) is 9.74. The molecular weight excluding hydrogens is 362 g/mol. The highest BCUT2D eigenvalue weighted by Gasteiger charge is 2.27. The van der Waals surface area contributed by atoms with Crippen LogP contribution in [0.3, 0.4) is 0 Å². The van der Waals surface area contributed by atoms with Gasteiger partial charge >= 0.3 is 0 Å². The van der Waals surface area contributed by atoms with E-state index < -0.39 is 10.0 Å². The number of nitrogens with one attached hydrogen (secondary N) is 2. The topological polar surface area (TPSA) is 82.3 Å². The van der Waals surface area contributed by atoms with E-state index in [1.807, 2.05) is 30.5 Å². The number of rotatable bonds is 7. The second-order valence-corrected chi connectivity index (χ2v) is 9.34. The first-order chi connectivity index (χ1) is 12.9. The fourth-order valence-electron chi connectivity index (χ4n) is 3.98. The van der Waals surface area contributed by atoms with Crippen molar-refractivity contribution in [3.05, 3.63) is 36.0 Å². The van der Waals surface area contributed by atoms with Crippen molar-refractivity contribution >= 4 is 26.8 Å². The largest absolute Gasteiger partial charge is 0.361 e. The fourth-order valence-corrected chi connectivity index (χ4v) is 5.16. The van der Waals surface area contributed by atoms with Crippen LogP contribution in [0.15, 0.2) is 30.5 Å². The van der Waals surface area contributed by atoms with Crippen LogP contribution in [0, 0.1) is 0 Å². The molecule has 0 radical (unpaired) electrons. The number of benzene rings is 1. The van der Waals surface area contributed by atoms with Gasteiger partial charge in [0.2, 0.25) is 15.9 Å². The molecule has 148 valence electrons. The van der Waals surface area contributed by atoms with E-state index in [1.165, 1.54) is 19.1 Å². The minimum Gasteiger partial charge on any atom is -0.361 e. The summed E-state index contributed by atoms with van der Waals surface area (Å²) >= 11 is 0. The minimum atomic E-state index is -3.28. The number of aromatic amines is 1. The van der Waals surface area contributed by atoms with Gasteiger partial charge in [-0.05, 0) is 24.5 Å². The Hall–Kier alpha value is -1.86. The molecule has 1 aromatic carbocycles. The summed E-state index contributed by atoms with van der Waals surface area (Å²) in [6, 6.07) is 7.94. The van der Waals surface area contributed by atoms with Gasteiger partial charge in [-0.25, -0.2) is 8.42 Å². The summed E-state index contributed by atoms with van der Waals surface area (Å²) in [6.45, 7) is 0.674. The zero-order valence-corrected chi connectivity index (χ0v) is 16.7. The Balaban J connectivity index is 1.55. The number of hydrogen-bond acceptors (Lipinski definition) is 3. The smallest absolute Gasteiger partial charge is 0.224 e. The fraction of sp³-hybridized carbons (Fsp3) is 0.550. The van der Waals surface area contributed by atoms with Gasteiger partial charge in [-0.2, -0.15) is 4.31 Å². The monoisotopic (exact) mass is 391 g/mol. The first-order valence-electron chi connectivity index (χ1n) is 9.73. The zero-order chi connectivity index (χ0) is 19.3. The van der Waals surface area contributed by atoms with Crippen LogP contribution < -0.4 is 5.32 Å². The van der Waals surface area contributed by atoms with Crippen LogP contribution in [0.4, 0.5) is 0 Å². The van der Waals surface area contributed by atoms with Gasteiger partial charge in [-0.3, -0.25) is 4.79 Å². The first-order valence-corrected chi connectivity index (χ1v) is 11.6. The van der Waals surface area contributed by atoms with Crippen molar-refractivity contribution in [2.45, 2.75) is 51.0 Å². The molecule has 7 heteroatoms.